The summed E-state index contributed by atoms with van der Waals surface area (Å²) in [5.41, 5.74) is 2.07. The van der Waals surface area contributed by atoms with Crippen LogP contribution in [0.3, 0.4) is 0 Å². The minimum absolute atomic E-state index is 0.0527. The summed E-state index contributed by atoms with van der Waals surface area (Å²) in [7, 11) is 0. The van der Waals surface area contributed by atoms with Gasteiger partial charge in [-0.1, -0.05) is 15.9 Å². The van der Waals surface area contributed by atoms with Crippen molar-refractivity contribution in [3.63, 3.8) is 0 Å². The molecule has 2 aromatic rings. The molecule has 0 spiro atoms. The first kappa shape index (κ1) is 18.4. The first-order valence-electron chi connectivity index (χ1n) is 8.67. The summed E-state index contributed by atoms with van der Waals surface area (Å²) in [6.07, 6.45) is 0.917. The Morgan fingerprint density at radius 1 is 1.07 bits per heavy atom. The molecule has 2 aromatic carbocycles. The topological polar surface area (TPSA) is 92.8 Å². The Hall–Kier alpha value is -3.00. The number of ether oxygens (including phenoxy) is 1. The lowest BCUT2D eigenvalue weighted by molar-refractivity contribution is -0.138. The van der Waals surface area contributed by atoms with E-state index in [1.165, 1.54) is 6.92 Å². The Balaban J connectivity index is 1.52. The smallest absolute Gasteiger partial charge is 0.334 e. The molecule has 0 saturated heterocycles. The van der Waals surface area contributed by atoms with E-state index in [1.807, 2.05) is 0 Å². The number of rotatable bonds is 3. The number of carbonyl (C=O) groups excluding carboxylic acids is 4. The van der Waals surface area contributed by atoms with Crippen LogP contribution in [0.25, 0.3) is 0 Å². The van der Waals surface area contributed by atoms with Crippen molar-refractivity contribution in [1.82, 2.24) is 4.90 Å². The number of benzene rings is 2. The zero-order valence-electron chi connectivity index (χ0n) is 14.8. The Bertz CT molecular complexity index is 1050. The second kappa shape index (κ2) is 6.87. The van der Waals surface area contributed by atoms with Crippen molar-refractivity contribution < 1.29 is 23.9 Å². The van der Waals surface area contributed by atoms with Gasteiger partial charge in [0.2, 0.25) is 5.91 Å². The van der Waals surface area contributed by atoms with Crippen LogP contribution in [0.4, 0.5) is 5.69 Å². The molecule has 0 fully saturated rings. The van der Waals surface area contributed by atoms with Gasteiger partial charge in [-0.3, -0.25) is 19.3 Å². The van der Waals surface area contributed by atoms with E-state index in [0.29, 0.717) is 28.8 Å². The highest BCUT2D eigenvalue weighted by molar-refractivity contribution is 9.10. The molecule has 1 unspecified atom stereocenters. The fraction of sp³-hybridized carbons (Fsp3) is 0.200. The van der Waals surface area contributed by atoms with Crippen LogP contribution in [-0.2, 0) is 16.0 Å². The van der Waals surface area contributed by atoms with Crippen LogP contribution < -0.4 is 10.1 Å². The number of hydrogen-bond donors (Lipinski definition) is 1. The van der Waals surface area contributed by atoms with Crippen molar-refractivity contribution in [3.05, 3.63) is 57.6 Å². The van der Waals surface area contributed by atoms with Gasteiger partial charge in [-0.25, -0.2) is 4.79 Å². The molecular formula is C20H15BrN2O5. The van der Waals surface area contributed by atoms with Crippen molar-refractivity contribution in [2.75, 3.05) is 5.32 Å². The van der Waals surface area contributed by atoms with Gasteiger partial charge in [0, 0.05) is 16.6 Å². The van der Waals surface area contributed by atoms with Gasteiger partial charge in [-0.2, -0.15) is 0 Å². The van der Waals surface area contributed by atoms with Gasteiger partial charge in [0.1, 0.15) is 11.8 Å². The zero-order chi connectivity index (χ0) is 20.0. The second-order valence-corrected chi connectivity index (χ2v) is 7.55. The molecule has 0 bridgehead atoms. The molecule has 2 aliphatic heterocycles. The number of halogens is 1. The molecule has 0 saturated carbocycles. The molecular weight excluding hydrogens is 428 g/mol. The lowest BCUT2D eigenvalue weighted by Crippen LogP contribution is -2.44. The number of imide groups is 1. The predicted molar refractivity (Wildman–Crippen MR) is 103 cm³/mol. The van der Waals surface area contributed by atoms with Crippen LogP contribution >= 0.6 is 15.9 Å². The molecule has 7 nitrogen and oxygen atoms in total. The van der Waals surface area contributed by atoms with E-state index >= 15 is 0 Å². The van der Waals surface area contributed by atoms with Gasteiger partial charge >= 0.3 is 5.97 Å². The summed E-state index contributed by atoms with van der Waals surface area (Å²) in [6.45, 7) is 1.46. The third-order valence-corrected chi connectivity index (χ3v) is 5.29. The van der Waals surface area contributed by atoms with Crippen LogP contribution in [0.2, 0.25) is 0 Å². The van der Waals surface area contributed by atoms with Crippen LogP contribution in [-0.4, -0.2) is 34.6 Å². The van der Waals surface area contributed by atoms with Crippen molar-refractivity contribution in [3.8, 4) is 5.75 Å². The van der Waals surface area contributed by atoms with E-state index in [4.69, 9.17) is 4.74 Å². The summed E-state index contributed by atoms with van der Waals surface area (Å²) < 4.78 is 6.07. The van der Waals surface area contributed by atoms with Crippen molar-refractivity contribution in [2.24, 2.45) is 0 Å². The van der Waals surface area contributed by atoms with Crippen LogP contribution in [0.5, 0.6) is 5.75 Å². The SMILES string of the molecule is CC(C(=O)Oc1ccc2c(c1)CCC(=O)N2)N1C(=O)c2ccc(Br)cc2C1=O. The van der Waals surface area contributed by atoms with E-state index < -0.39 is 23.8 Å². The fourth-order valence-electron chi connectivity index (χ4n) is 3.31. The number of aryl methyl sites for hydroxylation is 1. The van der Waals surface area contributed by atoms with Gasteiger partial charge in [0.25, 0.3) is 11.8 Å². The van der Waals surface area contributed by atoms with Gasteiger partial charge in [-0.15, -0.1) is 0 Å². The summed E-state index contributed by atoms with van der Waals surface area (Å²) >= 11 is 3.28. The number of esters is 1. The monoisotopic (exact) mass is 442 g/mol. The van der Waals surface area contributed by atoms with E-state index in [0.717, 1.165) is 10.5 Å². The third kappa shape index (κ3) is 3.09. The van der Waals surface area contributed by atoms with E-state index in [2.05, 4.69) is 21.2 Å². The quantitative estimate of drug-likeness (QED) is 0.448. The summed E-state index contributed by atoms with van der Waals surface area (Å²) in [6, 6.07) is 8.61. The minimum atomic E-state index is -1.08. The highest BCUT2D eigenvalue weighted by Gasteiger charge is 2.41. The Morgan fingerprint density at radius 3 is 2.61 bits per heavy atom. The summed E-state index contributed by atoms with van der Waals surface area (Å²) in [5, 5.41) is 2.75. The predicted octanol–water partition coefficient (Wildman–Crippen LogP) is 2.92. The number of nitrogens with zero attached hydrogens (tertiary/aromatic N) is 1. The maximum atomic E-state index is 12.6. The molecule has 0 aromatic heterocycles. The van der Waals surface area contributed by atoms with Crippen LogP contribution in [0.15, 0.2) is 40.9 Å². The normalized spacial score (nSPS) is 16.4. The van der Waals surface area contributed by atoms with Crippen LogP contribution in [0.1, 0.15) is 39.6 Å². The van der Waals surface area contributed by atoms with Crippen molar-refractivity contribution in [2.45, 2.75) is 25.8 Å². The van der Waals surface area contributed by atoms with Crippen molar-refractivity contribution in [1.29, 1.82) is 0 Å². The first-order chi connectivity index (χ1) is 13.3. The van der Waals surface area contributed by atoms with Gasteiger partial charge in [0.15, 0.2) is 0 Å². The number of hydrogen-bond acceptors (Lipinski definition) is 5. The average molecular weight is 443 g/mol. The number of anilines is 1. The summed E-state index contributed by atoms with van der Waals surface area (Å²) in [4.78, 5) is 50.1. The second-order valence-electron chi connectivity index (χ2n) is 6.63. The molecule has 1 atom stereocenters. The van der Waals surface area contributed by atoms with Gasteiger partial charge in [0.05, 0.1) is 11.1 Å². The first-order valence-corrected chi connectivity index (χ1v) is 9.46. The molecule has 8 heteroatoms. The average Bonchev–Trinajstić information content (AvgIpc) is 2.91. The molecule has 0 aliphatic carbocycles. The molecule has 2 heterocycles. The zero-order valence-corrected chi connectivity index (χ0v) is 16.4. The minimum Gasteiger partial charge on any atom is -0.425 e. The number of carbonyl (C=O) groups is 4. The number of fused-ring (bicyclic) bond motifs is 2. The standard InChI is InChI=1S/C20H15BrN2O5/c1-10(23-18(25)14-5-3-12(21)9-15(14)19(23)26)20(27)28-13-4-6-16-11(8-13)2-7-17(24)22-16/h3-6,8-10H,2,7H2,1H3,(H,22,24). The molecule has 142 valence electrons. The lowest BCUT2D eigenvalue weighted by Gasteiger charge is -2.21. The highest BCUT2D eigenvalue weighted by atomic mass is 79.9. The Labute approximate surface area is 168 Å². The Morgan fingerprint density at radius 2 is 1.82 bits per heavy atom. The maximum Gasteiger partial charge on any atom is 0.334 e. The largest absolute Gasteiger partial charge is 0.425 e. The Kier molecular flexibility index (Phi) is 4.50. The van der Waals surface area contributed by atoms with Crippen molar-refractivity contribution >= 4 is 45.3 Å². The molecule has 1 N–H and O–H groups in total. The van der Waals surface area contributed by atoms with Gasteiger partial charge in [-0.05, 0) is 55.3 Å². The number of amides is 3. The van der Waals surface area contributed by atoms with Gasteiger partial charge < -0.3 is 10.1 Å². The molecule has 28 heavy (non-hydrogen) atoms. The van der Waals surface area contributed by atoms with E-state index in [1.54, 1.807) is 36.4 Å². The van der Waals surface area contributed by atoms with E-state index in [-0.39, 0.29) is 17.0 Å². The molecule has 2 aliphatic rings. The molecule has 4 rings (SSSR count). The fourth-order valence-corrected chi connectivity index (χ4v) is 3.67. The summed E-state index contributed by atoms with van der Waals surface area (Å²) in [5.74, 6) is -1.52. The molecule has 3 amide bonds. The number of nitrogens with one attached hydrogen (secondary N) is 1. The van der Waals surface area contributed by atoms with E-state index in [9.17, 15) is 19.2 Å². The lowest BCUT2D eigenvalue weighted by atomic mass is 10.0. The van der Waals surface area contributed by atoms with Crippen LogP contribution in [0, 0.1) is 0 Å². The highest BCUT2D eigenvalue weighted by Crippen LogP contribution is 2.29. The molecule has 0 radical (unpaired) electrons. The maximum absolute atomic E-state index is 12.6. The third-order valence-electron chi connectivity index (χ3n) is 4.80.